The topological polar surface area (TPSA) is 107 Å². The van der Waals surface area contributed by atoms with Crippen molar-refractivity contribution in [2.24, 2.45) is 5.73 Å². The summed E-state index contributed by atoms with van der Waals surface area (Å²) >= 11 is 0. The Bertz CT molecular complexity index is 489. The second kappa shape index (κ2) is 7.44. The standard InChI is InChI=1S/C13H19N3O4/c1-9(2)15-8-10-7-11(16(18)19)3-4-12(10)20-6-5-13(14)17/h3-4,7,9,15H,5-6,8H2,1-2H3,(H2,14,17). The Morgan fingerprint density at radius 1 is 1.50 bits per heavy atom. The van der Waals surface area contributed by atoms with Gasteiger partial charge in [0.1, 0.15) is 5.75 Å². The van der Waals surface area contributed by atoms with Crippen molar-refractivity contribution in [3.63, 3.8) is 0 Å². The minimum Gasteiger partial charge on any atom is -0.493 e. The van der Waals surface area contributed by atoms with Crippen LogP contribution in [-0.4, -0.2) is 23.5 Å². The molecule has 0 saturated heterocycles. The molecular formula is C13H19N3O4. The Hall–Kier alpha value is -2.15. The SMILES string of the molecule is CC(C)NCc1cc([N+](=O)[O-])ccc1OCCC(N)=O. The van der Waals surface area contributed by atoms with Crippen LogP contribution in [0.2, 0.25) is 0 Å². The Kier molecular flexibility index (Phi) is 5.92. The molecule has 1 aromatic carbocycles. The Morgan fingerprint density at radius 2 is 2.20 bits per heavy atom. The van der Waals surface area contributed by atoms with E-state index in [1.54, 1.807) is 0 Å². The fourth-order valence-electron chi connectivity index (χ4n) is 1.53. The van der Waals surface area contributed by atoms with Gasteiger partial charge in [0.25, 0.3) is 5.69 Å². The summed E-state index contributed by atoms with van der Waals surface area (Å²) in [6.45, 7) is 4.56. The van der Waals surface area contributed by atoms with Gasteiger partial charge < -0.3 is 15.8 Å². The number of carbonyl (C=O) groups excluding carboxylic acids is 1. The van der Waals surface area contributed by atoms with Gasteiger partial charge in [0.2, 0.25) is 5.91 Å². The number of nitrogens with zero attached hydrogens (tertiary/aromatic N) is 1. The molecule has 0 bridgehead atoms. The van der Waals surface area contributed by atoms with Crippen LogP contribution in [0.15, 0.2) is 18.2 Å². The molecule has 0 aliphatic carbocycles. The summed E-state index contributed by atoms with van der Waals surface area (Å²) in [7, 11) is 0. The molecule has 0 unspecified atom stereocenters. The first kappa shape index (κ1) is 15.9. The molecule has 0 aliphatic rings. The van der Waals surface area contributed by atoms with Crippen molar-refractivity contribution in [1.82, 2.24) is 5.32 Å². The molecule has 1 amide bonds. The third kappa shape index (κ3) is 5.23. The van der Waals surface area contributed by atoms with E-state index < -0.39 is 10.8 Å². The molecule has 0 saturated carbocycles. The number of nitro groups is 1. The van der Waals surface area contributed by atoms with Crippen LogP contribution in [0.25, 0.3) is 0 Å². The number of nitrogens with one attached hydrogen (secondary N) is 1. The zero-order chi connectivity index (χ0) is 15.1. The van der Waals surface area contributed by atoms with Crippen molar-refractivity contribution < 1.29 is 14.5 Å². The van der Waals surface area contributed by atoms with Crippen LogP contribution >= 0.6 is 0 Å². The van der Waals surface area contributed by atoms with Crippen LogP contribution in [0.1, 0.15) is 25.8 Å². The number of amides is 1. The highest BCUT2D eigenvalue weighted by Gasteiger charge is 2.12. The highest BCUT2D eigenvalue weighted by molar-refractivity contribution is 5.73. The third-order valence-electron chi connectivity index (χ3n) is 2.56. The van der Waals surface area contributed by atoms with Crippen molar-refractivity contribution in [3.05, 3.63) is 33.9 Å². The van der Waals surface area contributed by atoms with E-state index in [2.05, 4.69) is 5.32 Å². The zero-order valence-corrected chi connectivity index (χ0v) is 11.6. The van der Waals surface area contributed by atoms with Gasteiger partial charge in [-0.05, 0) is 6.07 Å². The summed E-state index contributed by atoms with van der Waals surface area (Å²) in [6, 6.07) is 4.62. The van der Waals surface area contributed by atoms with Gasteiger partial charge in [-0.2, -0.15) is 0 Å². The summed E-state index contributed by atoms with van der Waals surface area (Å²) in [5.41, 5.74) is 5.72. The molecule has 0 heterocycles. The normalized spacial score (nSPS) is 10.6. The van der Waals surface area contributed by atoms with Gasteiger partial charge >= 0.3 is 0 Å². The first-order valence-electron chi connectivity index (χ1n) is 6.32. The number of nitro benzene ring substituents is 1. The van der Waals surface area contributed by atoms with E-state index in [9.17, 15) is 14.9 Å². The van der Waals surface area contributed by atoms with Crippen LogP contribution in [0.5, 0.6) is 5.75 Å². The Balaban J connectivity index is 2.84. The summed E-state index contributed by atoms with van der Waals surface area (Å²) in [4.78, 5) is 21.0. The third-order valence-corrected chi connectivity index (χ3v) is 2.56. The van der Waals surface area contributed by atoms with Crippen LogP contribution in [0.3, 0.4) is 0 Å². The fraction of sp³-hybridized carbons (Fsp3) is 0.462. The first-order valence-corrected chi connectivity index (χ1v) is 6.32. The minimum atomic E-state index is -0.452. The summed E-state index contributed by atoms with van der Waals surface area (Å²) < 4.78 is 5.45. The summed E-state index contributed by atoms with van der Waals surface area (Å²) in [5, 5.41) is 14.0. The Morgan fingerprint density at radius 3 is 2.75 bits per heavy atom. The number of rotatable bonds is 8. The van der Waals surface area contributed by atoms with Gasteiger partial charge in [0.05, 0.1) is 18.0 Å². The number of benzene rings is 1. The average molecular weight is 281 g/mol. The molecule has 1 rings (SSSR count). The number of non-ortho nitro benzene ring substituents is 1. The number of hydrogen-bond donors (Lipinski definition) is 2. The molecule has 1 aromatic rings. The van der Waals surface area contributed by atoms with E-state index in [4.69, 9.17) is 10.5 Å². The first-order chi connectivity index (χ1) is 9.40. The molecule has 0 spiro atoms. The number of carbonyl (C=O) groups is 1. The van der Waals surface area contributed by atoms with Gasteiger partial charge in [-0.3, -0.25) is 14.9 Å². The molecule has 0 aliphatic heterocycles. The average Bonchev–Trinajstić information content (AvgIpc) is 2.36. The van der Waals surface area contributed by atoms with Crippen LogP contribution < -0.4 is 15.8 Å². The van der Waals surface area contributed by atoms with E-state index in [0.717, 1.165) is 0 Å². The minimum absolute atomic E-state index is 0.00723. The van der Waals surface area contributed by atoms with Crippen LogP contribution in [0, 0.1) is 10.1 Å². The summed E-state index contributed by atoms with van der Waals surface area (Å²) in [5.74, 6) is 0.0683. The van der Waals surface area contributed by atoms with Crippen molar-refractivity contribution in [3.8, 4) is 5.75 Å². The van der Waals surface area contributed by atoms with E-state index in [1.807, 2.05) is 13.8 Å². The van der Waals surface area contributed by atoms with Crippen molar-refractivity contribution in [2.45, 2.75) is 32.9 Å². The maximum Gasteiger partial charge on any atom is 0.270 e. The lowest BCUT2D eigenvalue weighted by Crippen LogP contribution is -2.22. The van der Waals surface area contributed by atoms with E-state index in [1.165, 1.54) is 18.2 Å². The molecule has 0 radical (unpaired) electrons. The van der Waals surface area contributed by atoms with E-state index >= 15 is 0 Å². The second-order valence-corrected chi connectivity index (χ2v) is 4.65. The van der Waals surface area contributed by atoms with Crippen molar-refractivity contribution >= 4 is 11.6 Å². The van der Waals surface area contributed by atoms with Crippen molar-refractivity contribution in [1.29, 1.82) is 0 Å². The lowest BCUT2D eigenvalue weighted by molar-refractivity contribution is -0.384. The quantitative estimate of drug-likeness (QED) is 0.552. The fourth-order valence-corrected chi connectivity index (χ4v) is 1.53. The predicted octanol–water partition coefficient (Wildman–Crippen LogP) is 1.35. The maximum absolute atomic E-state index is 10.8. The van der Waals surface area contributed by atoms with Gasteiger partial charge in [-0.15, -0.1) is 0 Å². The van der Waals surface area contributed by atoms with Crippen LogP contribution in [-0.2, 0) is 11.3 Å². The lowest BCUT2D eigenvalue weighted by atomic mass is 10.1. The number of nitrogens with two attached hydrogens (primary N) is 1. The lowest BCUT2D eigenvalue weighted by Gasteiger charge is -2.13. The zero-order valence-electron chi connectivity index (χ0n) is 11.6. The molecule has 0 aromatic heterocycles. The molecule has 3 N–H and O–H groups in total. The van der Waals surface area contributed by atoms with Gasteiger partial charge in [-0.1, -0.05) is 13.8 Å². The molecule has 110 valence electrons. The highest BCUT2D eigenvalue weighted by Crippen LogP contribution is 2.24. The molecule has 7 nitrogen and oxygen atoms in total. The smallest absolute Gasteiger partial charge is 0.270 e. The van der Waals surface area contributed by atoms with Gasteiger partial charge in [-0.25, -0.2) is 0 Å². The monoisotopic (exact) mass is 281 g/mol. The molecule has 20 heavy (non-hydrogen) atoms. The highest BCUT2D eigenvalue weighted by atomic mass is 16.6. The van der Waals surface area contributed by atoms with E-state index in [0.29, 0.717) is 17.9 Å². The largest absolute Gasteiger partial charge is 0.493 e. The molecule has 7 heteroatoms. The van der Waals surface area contributed by atoms with Gasteiger partial charge in [0, 0.05) is 30.3 Å². The summed E-state index contributed by atoms with van der Waals surface area (Å²) in [6.07, 6.45) is 0.105. The van der Waals surface area contributed by atoms with Crippen LogP contribution in [0.4, 0.5) is 5.69 Å². The predicted molar refractivity (Wildman–Crippen MR) is 74.4 cm³/mol. The van der Waals surface area contributed by atoms with Crippen molar-refractivity contribution in [2.75, 3.05) is 6.61 Å². The maximum atomic E-state index is 10.8. The second-order valence-electron chi connectivity index (χ2n) is 4.65. The molecular weight excluding hydrogens is 262 g/mol. The Labute approximate surface area is 117 Å². The number of ether oxygens (including phenoxy) is 1. The van der Waals surface area contributed by atoms with Gasteiger partial charge in [0.15, 0.2) is 0 Å². The number of hydrogen-bond acceptors (Lipinski definition) is 5. The molecule has 0 atom stereocenters. The van der Waals surface area contributed by atoms with E-state index in [-0.39, 0.29) is 24.8 Å². The molecule has 0 fully saturated rings. The number of primary amides is 1.